The number of halogens is 2. The first-order valence-electron chi connectivity index (χ1n) is 5.84. The summed E-state index contributed by atoms with van der Waals surface area (Å²) >= 11 is 0. The molecule has 1 N–H and O–H groups in total. The molecule has 0 saturated heterocycles. The summed E-state index contributed by atoms with van der Waals surface area (Å²) in [4.78, 5) is 11.9. The van der Waals surface area contributed by atoms with E-state index < -0.39 is 30.0 Å². The summed E-state index contributed by atoms with van der Waals surface area (Å²) in [6.07, 6.45) is -1.20. The molecule has 0 aromatic carbocycles. The second-order valence-electron chi connectivity index (χ2n) is 5.76. The minimum absolute atomic E-state index is 0.01000. The second kappa shape index (κ2) is 4.88. The third-order valence-corrected chi connectivity index (χ3v) is 2.86. The summed E-state index contributed by atoms with van der Waals surface area (Å²) in [6, 6.07) is 0. The molecule has 1 unspecified atom stereocenters. The number of aliphatic hydroxyl groups excluding tert-OH is 1. The van der Waals surface area contributed by atoms with Crippen molar-refractivity contribution in [3.63, 3.8) is 0 Å². The smallest absolute Gasteiger partial charge is 0.320 e. The molecule has 0 heterocycles. The van der Waals surface area contributed by atoms with Crippen LogP contribution in [0.5, 0.6) is 0 Å². The van der Waals surface area contributed by atoms with E-state index in [-0.39, 0.29) is 12.3 Å². The minimum atomic E-state index is -2.90. The van der Waals surface area contributed by atoms with Gasteiger partial charge in [0, 0.05) is 0 Å². The van der Waals surface area contributed by atoms with Crippen LogP contribution in [0.25, 0.3) is 0 Å². The highest BCUT2D eigenvalue weighted by molar-refractivity contribution is 5.78. The molecule has 0 amide bonds. The molecule has 1 aliphatic carbocycles. The van der Waals surface area contributed by atoms with Crippen molar-refractivity contribution in [2.24, 2.45) is 11.3 Å². The summed E-state index contributed by atoms with van der Waals surface area (Å²) in [5, 5.41) is 9.21. The highest BCUT2D eigenvalue weighted by atomic mass is 19.3. The topological polar surface area (TPSA) is 46.5 Å². The van der Waals surface area contributed by atoms with E-state index in [2.05, 4.69) is 0 Å². The summed E-state index contributed by atoms with van der Waals surface area (Å²) in [7, 11) is 0. The molecule has 1 aliphatic rings. The first kappa shape index (κ1) is 14.4. The summed E-state index contributed by atoms with van der Waals surface area (Å²) in [5.41, 5.74) is -2.87. The predicted molar refractivity (Wildman–Crippen MR) is 58.7 cm³/mol. The van der Waals surface area contributed by atoms with Crippen molar-refractivity contribution in [1.82, 2.24) is 0 Å². The van der Waals surface area contributed by atoms with Gasteiger partial charge in [0.05, 0.1) is 6.61 Å². The van der Waals surface area contributed by atoms with Crippen molar-refractivity contribution in [1.29, 1.82) is 0 Å². The van der Waals surface area contributed by atoms with Gasteiger partial charge < -0.3 is 9.84 Å². The average Bonchev–Trinajstić information content (AvgIpc) is 2.94. The maximum absolute atomic E-state index is 13.1. The summed E-state index contributed by atoms with van der Waals surface area (Å²) in [5.74, 6) is -0.877. The highest BCUT2D eigenvalue weighted by Gasteiger charge is 2.52. The zero-order valence-electron chi connectivity index (χ0n) is 10.5. The van der Waals surface area contributed by atoms with Gasteiger partial charge in [0.1, 0.15) is 5.60 Å². The Labute approximate surface area is 100 Å². The van der Waals surface area contributed by atoms with Crippen LogP contribution in [0.15, 0.2) is 0 Å². The normalized spacial score (nSPS) is 20.2. The Morgan fingerprint density at radius 3 is 2.24 bits per heavy atom. The lowest BCUT2D eigenvalue weighted by Crippen LogP contribution is -2.46. The Balaban J connectivity index is 2.83. The number of rotatable bonds is 5. The van der Waals surface area contributed by atoms with Crippen molar-refractivity contribution in [2.45, 2.75) is 52.1 Å². The summed E-state index contributed by atoms with van der Waals surface area (Å²) in [6.45, 7) is 4.00. The van der Waals surface area contributed by atoms with Crippen molar-refractivity contribution < 1.29 is 23.4 Å². The third kappa shape index (κ3) is 3.63. The first-order chi connectivity index (χ1) is 7.71. The van der Waals surface area contributed by atoms with Crippen LogP contribution in [0.4, 0.5) is 8.78 Å². The van der Waals surface area contributed by atoms with Gasteiger partial charge in [0.25, 0.3) is 6.43 Å². The van der Waals surface area contributed by atoms with E-state index in [1.165, 1.54) is 0 Å². The molecular formula is C12H20F2O3. The molecule has 1 rings (SSSR count). The SMILES string of the molecule is CC(C)(C)OC(=O)C(CO)(CC1CC1)C(F)F. The molecule has 1 saturated carbocycles. The zero-order chi connectivity index (χ0) is 13.3. The van der Waals surface area contributed by atoms with Crippen LogP contribution >= 0.6 is 0 Å². The molecule has 100 valence electrons. The molecule has 0 bridgehead atoms. The molecule has 3 nitrogen and oxygen atoms in total. The van der Waals surface area contributed by atoms with Crippen molar-refractivity contribution in [3.05, 3.63) is 0 Å². The van der Waals surface area contributed by atoms with Gasteiger partial charge >= 0.3 is 5.97 Å². The van der Waals surface area contributed by atoms with Crippen LogP contribution in [0, 0.1) is 11.3 Å². The minimum Gasteiger partial charge on any atom is -0.459 e. The molecule has 1 atom stereocenters. The van der Waals surface area contributed by atoms with Gasteiger partial charge in [-0.3, -0.25) is 4.79 Å². The third-order valence-electron chi connectivity index (χ3n) is 2.86. The van der Waals surface area contributed by atoms with E-state index in [4.69, 9.17) is 4.74 Å². The first-order valence-corrected chi connectivity index (χ1v) is 5.84. The fourth-order valence-corrected chi connectivity index (χ4v) is 1.68. The van der Waals surface area contributed by atoms with Crippen LogP contribution in [-0.2, 0) is 9.53 Å². The Hall–Kier alpha value is -0.710. The molecule has 0 radical (unpaired) electrons. The lowest BCUT2D eigenvalue weighted by Gasteiger charge is -2.32. The number of aliphatic hydroxyl groups is 1. The standard InChI is InChI=1S/C12H20F2O3/c1-11(2,3)17-10(16)12(7-15,9(13)14)6-8-4-5-8/h8-9,15H,4-7H2,1-3H3. The van der Waals surface area contributed by atoms with E-state index in [1.54, 1.807) is 20.8 Å². The maximum Gasteiger partial charge on any atom is 0.320 e. The maximum atomic E-state index is 13.1. The lowest BCUT2D eigenvalue weighted by molar-refractivity contribution is -0.183. The van der Waals surface area contributed by atoms with E-state index in [9.17, 15) is 18.7 Å². The number of hydrogen-bond donors (Lipinski definition) is 1. The monoisotopic (exact) mass is 250 g/mol. The van der Waals surface area contributed by atoms with Crippen LogP contribution in [-0.4, -0.2) is 29.7 Å². The fourth-order valence-electron chi connectivity index (χ4n) is 1.68. The number of alkyl halides is 2. The van der Waals surface area contributed by atoms with E-state index in [0.29, 0.717) is 0 Å². The second-order valence-corrected chi connectivity index (χ2v) is 5.76. The molecular weight excluding hydrogens is 230 g/mol. The quantitative estimate of drug-likeness (QED) is 0.762. The van der Waals surface area contributed by atoms with Gasteiger partial charge in [-0.2, -0.15) is 0 Å². The van der Waals surface area contributed by atoms with Gasteiger partial charge in [-0.1, -0.05) is 12.8 Å². The average molecular weight is 250 g/mol. The Bertz CT molecular complexity index is 282. The van der Waals surface area contributed by atoms with Gasteiger partial charge in [0.2, 0.25) is 0 Å². The number of esters is 1. The highest BCUT2D eigenvalue weighted by Crippen LogP contribution is 2.44. The number of carbonyl (C=O) groups excluding carboxylic acids is 1. The molecule has 5 heteroatoms. The van der Waals surface area contributed by atoms with Crippen molar-refractivity contribution in [2.75, 3.05) is 6.61 Å². The van der Waals surface area contributed by atoms with Crippen LogP contribution < -0.4 is 0 Å². The zero-order valence-corrected chi connectivity index (χ0v) is 10.5. The van der Waals surface area contributed by atoms with Crippen LogP contribution in [0.2, 0.25) is 0 Å². The number of carbonyl (C=O) groups is 1. The van der Waals surface area contributed by atoms with Gasteiger partial charge in [0.15, 0.2) is 5.41 Å². The molecule has 0 aromatic rings. The van der Waals surface area contributed by atoms with E-state index in [0.717, 1.165) is 12.8 Å². The number of hydrogen-bond acceptors (Lipinski definition) is 3. The van der Waals surface area contributed by atoms with E-state index >= 15 is 0 Å². The van der Waals surface area contributed by atoms with E-state index in [1.807, 2.05) is 0 Å². The molecule has 0 aliphatic heterocycles. The molecule has 1 fully saturated rings. The Morgan fingerprint density at radius 1 is 1.41 bits per heavy atom. The fraction of sp³-hybridized carbons (Fsp3) is 0.917. The van der Waals surface area contributed by atoms with Crippen LogP contribution in [0.1, 0.15) is 40.0 Å². The number of ether oxygens (including phenoxy) is 1. The Kier molecular flexibility index (Phi) is 4.12. The van der Waals surface area contributed by atoms with Gasteiger partial charge in [-0.15, -0.1) is 0 Å². The Morgan fingerprint density at radius 2 is 1.94 bits per heavy atom. The molecule has 17 heavy (non-hydrogen) atoms. The summed E-state index contributed by atoms with van der Waals surface area (Å²) < 4.78 is 31.2. The largest absolute Gasteiger partial charge is 0.459 e. The predicted octanol–water partition coefficient (Wildman–Crippen LogP) is 2.37. The van der Waals surface area contributed by atoms with Crippen molar-refractivity contribution in [3.8, 4) is 0 Å². The lowest BCUT2D eigenvalue weighted by atomic mass is 9.83. The van der Waals surface area contributed by atoms with Crippen molar-refractivity contribution >= 4 is 5.97 Å². The van der Waals surface area contributed by atoms with Gasteiger partial charge in [-0.05, 0) is 33.1 Å². The van der Waals surface area contributed by atoms with Gasteiger partial charge in [-0.25, -0.2) is 8.78 Å². The molecule has 0 spiro atoms. The van der Waals surface area contributed by atoms with Crippen LogP contribution in [0.3, 0.4) is 0 Å². The molecule has 0 aromatic heterocycles.